The molecule has 0 unspecified atom stereocenters. The van der Waals surface area contributed by atoms with Gasteiger partial charge in [0.1, 0.15) is 5.82 Å². The first-order valence-corrected chi connectivity index (χ1v) is 5.60. The summed E-state index contributed by atoms with van der Waals surface area (Å²) in [6, 6.07) is 8.36. The van der Waals surface area contributed by atoms with E-state index in [1.807, 2.05) is 12.3 Å². The minimum atomic E-state index is -0.220. The predicted octanol–water partition coefficient (Wildman–Crippen LogP) is 3.35. The fraction of sp³-hybridized carbons (Fsp3) is 0.308. The minimum absolute atomic E-state index is 0.220. The summed E-state index contributed by atoms with van der Waals surface area (Å²) in [6.45, 7) is 2.16. The zero-order chi connectivity index (χ0) is 11.4. The summed E-state index contributed by atoms with van der Waals surface area (Å²) >= 11 is 0. The SMILES string of the molecule is CCCCc1ccn(-c2ccc(F)cc2)n1. The van der Waals surface area contributed by atoms with E-state index in [-0.39, 0.29) is 5.82 Å². The van der Waals surface area contributed by atoms with Crippen LogP contribution in [0.4, 0.5) is 4.39 Å². The molecule has 0 bridgehead atoms. The van der Waals surface area contributed by atoms with Gasteiger partial charge < -0.3 is 0 Å². The normalized spacial score (nSPS) is 10.6. The molecule has 2 aromatic rings. The van der Waals surface area contributed by atoms with E-state index in [9.17, 15) is 4.39 Å². The Bertz CT molecular complexity index is 445. The van der Waals surface area contributed by atoms with Gasteiger partial charge in [-0.25, -0.2) is 9.07 Å². The highest BCUT2D eigenvalue weighted by Crippen LogP contribution is 2.10. The fourth-order valence-electron chi connectivity index (χ4n) is 1.59. The van der Waals surface area contributed by atoms with E-state index in [4.69, 9.17) is 0 Å². The molecule has 1 heterocycles. The highest BCUT2D eigenvalue weighted by molar-refractivity contribution is 5.31. The summed E-state index contributed by atoms with van der Waals surface area (Å²) in [7, 11) is 0. The average molecular weight is 218 g/mol. The second-order valence-electron chi connectivity index (χ2n) is 3.83. The van der Waals surface area contributed by atoms with Crippen molar-refractivity contribution in [2.24, 2.45) is 0 Å². The molecule has 1 aromatic carbocycles. The predicted molar refractivity (Wildman–Crippen MR) is 62.1 cm³/mol. The van der Waals surface area contributed by atoms with Crippen molar-refractivity contribution in [3.05, 3.63) is 48.0 Å². The molecular weight excluding hydrogens is 203 g/mol. The molecule has 0 saturated carbocycles. The van der Waals surface area contributed by atoms with Crippen molar-refractivity contribution in [3.8, 4) is 5.69 Å². The molecule has 0 N–H and O–H groups in total. The van der Waals surface area contributed by atoms with E-state index in [1.54, 1.807) is 16.8 Å². The van der Waals surface area contributed by atoms with Gasteiger partial charge in [0.2, 0.25) is 0 Å². The van der Waals surface area contributed by atoms with E-state index in [1.165, 1.54) is 18.6 Å². The van der Waals surface area contributed by atoms with E-state index < -0.39 is 0 Å². The second-order valence-corrected chi connectivity index (χ2v) is 3.83. The quantitative estimate of drug-likeness (QED) is 0.769. The first-order chi connectivity index (χ1) is 7.79. The monoisotopic (exact) mass is 218 g/mol. The van der Waals surface area contributed by atoms with Crippen molar-refractivity contribution in [1.82, 2.24) is 9.78 Å². The van der Waals surface area contributed by atoms with Crippen LogP contribution in [0, 0.1) is 5.82 Å². The summed E-state index contributed by atoms with van der Waals surface area (Å²) in [6.07, 6.45) is 5.24. The van der Waals surface area contributed by atoms with Crippen LogP contribution in [-0.4, -0.2) is 9.78 Å². The van der Waals surface area contributed by atoms with Crippen molar-refractivity contribution in [2.45, 2.75) is 26.2 Å². The van der Waals surface area contributed by atoms with E-state index in [0.29, 0.717) is 0 Å². The molecule has 1 aromatic heterocycles. The van der Waals surface area contributed by atoms with Crippen molar-refractivity contribution in [2.75, 3.05) is 0 Å². The number of nitrogens with zero attached hydrogens (tertiary/aromatic N) is 2. The van der Waals surface area contributed by atoms with E-state index >= 15 is 0 Å². The number of aryl methyl sites for hydroxylation is 1. The van der Waals surface area contributed by atoms with Crippen LogP contribution in [0.25, 0.3) is 5.69 Å². The lowest BCUT2D eigenvalue weighted by Crippen LogP contribution is -1.96. The van der Waals surface area contributed by atoms with Crippen LogP contribution in [0.2, 0.25) is 0 Å². The number of hydrogen-bond acceptors (Lipinski definition) is 1. The van der Waals surface area contributed by atoms with Gasteiger partial charge >= 0.3 is 0 Å². The summed E-state index contributed by atoms with van der Waals surface area (Å²) in [5, 5.41) is 4.44. The van der Waals surface area contributed by atoms with Gasteiger partial charge in [-0.3, -0.25) is 0 Å². The Kier molecular flexibility index (Phi) is 3.34. The lowest BCUT2D eigenvalue weighted by Gasteiger charge is -2.00. The molecule has 0 amide bonds. The number of halogens is 1. The Morgan fingerprint density at radius 3 is 2.62 bits per heavy atom. The zero-order valence-corrected chi connectivity index (χ0v) is 9.36. The van der Waals surface area contributed by atoms with Crippen LogP contribution < -0.4 is 0 Å². The number of aromatic nitrogens is 2. The van der Waals surface area contributed by atoms with Crippen LogP contribution in [0.15, 0.2) is 36.5 Å². The molecule has 2 nitrogen and oxygen atoms in total. The van der Waals surface area contributed by atoms with Crippen molar-refractivity contribution < 1.29 is 4.39 Å². The van der Waals surface area contributed by atoms with Gasteiger partial charge in [-0.2, -0.15) is 5.10 Å². The van der Waals surface area contributed by atoms with E-state index in [2.05, 4.69) is 12.0 Å². The first kappa shape index (κ1) is 10.9. The summed E-state index contributed by atoms with van der Waals surface area (Å²) in [4.78, 5) is 0. The molecule has 0 radical (unpaired) electrons. The molecule has 2 rings (SSSR count). The Labute approximate surface area is 94.7 Å². The van der Waals surface area contributed by atoms with E-state index in [0.717, 1.165) is 24.2 Å². The maximum Gasteiger partial charge on any atom is 0.123 e. The molecule has 0 aliphatic heterocycles. The zero-order valence-electron chi connectivity index (χ0n) is 9.36. The highest BCUT2D eigenvalue weighted by Gasteiger charge is 2.00. The third kappa shape index (κ3) is 2.48. The number of rotatable bonds is 4. The Morgan fingerprint density at radius 1 is 1.19 bits per heavy atom. The molecule has 0 atom stereocenters. The van der Waals surface area contributed by atoms with Gasteiger partial charge in [-0.05, 0) is 43.2 Å². The summed E-state index contributed by atoms with van der Waals surface area (Å²) < 4.78 is 14.5. The maximum atomic E-state index is 12.7. The standard InChI is InChI=1S/C13H15FN2/c1-2-3-4-12-9-10-16(15-12)13-7-5-11(14)6-8-13/h5-10H,2-4H2,1H3. The third-order valence-corrected chi connectivity index (χ3v) is 2.52. The van der Waals surface area contributed by atoms with Gasteiger partial charge in [0, 0.05) is 6.20 Å². The largest absolute Gasteiger partial charge is 0.241 e. The van der Waals surface area contributed by atoms with Gasteiger partial charge in [0.05, 0.1) is 11.4 Å². The molecule has 84 valence electrons. The second kappa shape index (κ2) is 4.92. The molecule has 0 spiro atoms. The van der Waals surface area contributed by atoms with Gasteiger partial charge in [0.25, 0.3) is 0 Å². The van der Waals surface area contributed by atoms with Crippen molar-refractivity contribution in [3.63, 3.8) is 0 Å². The summed E-state index contributed by atoms with van der Waals surface area (Å²) in [5.74, 6) is -0.220. The number of benzene rings is 1. The van der Waals surface area contributed by atoms with Crippen LogP contribution in [0.3, 0.4) is 0 Å². The summed E-state index contributed by atoms with van der Waals surface area (Å²) in [5.41, 5.74) is 1.98. The van der Waals surface area contributed by atoms with Gasteiger partial charge in [0.15, 0.2) is 0 Å². The molecule has 0 saturated heterocycles. The Morgan fingerprint density at radius 2 is 1.94 bits per heavy atom. The van der Waals surface area contributed by atoms with Crippen molar-refractivity contribution >= 4 is 0 Å². The smallest absolute Gasteiger partial charge is 0.123 e. The molecule has 0 aliphatic carbocycles. The van der Waals surface area contributed by atoms with Crippen LogP contribution >= 0.6 is 0 Å². The topological polar surface area (TPSA) is 17.8 Å². The molecule has 0 fully saturated rings. The van der Waals surface area contributed by atoms with Crippen LogP contribution in [0.1, 0.15) is 25.5 Å². The average Bonchev–Trinajstić information content (AvgIpc) is 2.76. The Hall–Kier alpha value is -1.64. The lowest BCUT2D eigenvalue weighted by molar-refractivity contribution is 0.627. The molecule has 3 heteroatoms. The number of hydrogen-bond donors (Lipinski definition) is 0. The van der Waals surface area contributed by atoms with Crippen molar-refractivity contribution in [1.29, 1.82) is 0 Å². The molecular formula is C13H15FN2. The highest BCUT2D eigenvalue weighted by atomic mass is 19.1. The Balaban J connectivity index is 2.15. The molecule has 0 aliphatic rings. The third-order valence-electron chi connectivity index (χ3n) is 2.52. The number of unbranched alkanes of at least 4 members (excludes halogenated alkanes) is 1. The van der Waals surface area contributed by atoms with Gasteiger partial charge in [-0.1, -0.05) is 13.3 Å². The lowest BCUT2D eigenvalue weighted by atomic mass is 10.2. The maximum absolute atomic E-state index is 12.7. The molecule has 16 heavy (non-hydrogen) atoms. The minimum Gasteiger partial charge on any atom is -0.241 e. The van der Waals surface area contributed by atoms with Crippen LogP contribution in [0.5, 0.6) is 0 Å². The first-order valence-electron chi connectivity index (χ1n) is 5.60. The van der Waals surface area contributed by atoms with Gasteiger partial charge in [-0.15, -0.1) is 0 Å². The fourth-order valence-corrected chi connectivity index (χ4v) is 1.59. The van der Waals surface area contributed by atoms with Crippen LogP contribution in [-0.2, 0) is 6.42 Å².